The first-order chi connectivity index (χ1) is 8.18. The van der Waals surface area contributed by atoms with Crippen molar-refractivity contribution in [2.45, 2.75) is 19.9 Å². The van der Waals surface area contributed by atoms with E-state index < -0.39 is 0 Å². The molecule has 0 amide bonds. The Morgan fingerprint density at radius 1 is 1.12 bits per heavy atom. The van der Waals surface area contributed by atoms with Gasteiger partial charge in [-0.05, 0) is 45.4 Å². The summed E-state index contributed by atoms with van der Waals surface area (Å²) < 4.78 is 1.11. The number of anilines is 1. The third-order valence-corrected chi connectivity index (χ3v) is 4.35. The maximum atomic E-state index is 3.61. The highest BCUT2D eigenvalue weighted by atomic mass is 79.9. The van der Waals surface area contributed by atoms with E-state index in [0.29, 0.717) is 12.0 Å². The van der Waals surface area contributed by atoms with E-state index in [2.05, 4.69) is 70.8 Å². The van der Waals surface area contributed by atoms with Crippen LogP contribution in [0.15, 0.2) is 46.3 Å². The molecule has 0 aliphatic carbocycles. The van der Waals surface area contributed by atoms with Gasteiger partial charge in [-0.3, -0.25) is 0 Å². The first-order valence-corrected chi connectivity index (χ1v) is 7.40. The molecule has 3 heteroatoms. The minimum absolute atomic E-state index is 0.369. The average molecular weight is 310 g/mol. The van der Waals surface area contributed by atoms with Crippen LogP contribution in [0.2, 0.25) is 0 Å². The maximum absolute atomic E-state index is 3.61. The number of nitrogens with one attached hydrogen (secondary N) is 1. The topological polar surface area (TPSA) is 12.0 Å². The fraction of sp³-hybridized carbons (Fsp3) is 0.286. The molecule has 2 rings (SSSR count). The Morgan fingerprint density at radius 2 is 1.88 bits per heavy atom. The van der Waals surface area contributed by atoms with Crippen molar-refractivity contribution >= 4 is 33.0 Å². The summed E-state index contributed by atoms with van der Waals surface area (Å²) in [5, 5.41) is 5.74. The summed E-state index contributed by atoms with van der Waals surface area (Å²) in [6, 6.07) is 12.9. The van der Waals surface area contributed by atoms with Crippen LogP contribution in [0.25, 0.3) is 0 Å². The van der Waals surface area contributed by atoms with Gasteiger partial charge in [0, 0.05) is 15.0 Å². The van der Waals surface area contributed by atoms with Gasteiger partial charge in [-0.15, -0.1) is 11.3 Å². The van der Waals surface area contributed by atoms with Crippen molar-refractivity contribution in [3.05, 3.63) is 51.1 Å². The van der Waals surface area contributed by atoms with Crippen molar-refractivity contribution in [1.29, 1.82) is 0 Å². The van der Waals surface area contributed by atoms with Gasteiger partial charge in [0.2, 0.25) is 0 Å². The fourth-order valence-electron chi connectivity index (χ4n) is 1.78. The Balaban J connectivity index is 2.23. The van der Waals surface area contributed by atoms with Crippen LogP contribution in [0.4, 0.5) is 5.69 Å². The Morgan fingerprint density at radius 3 is 2.47 bits per heavy atom. The Hall–Kier alpha value is -0.800. The Bertz CT molecular complexity index is 465. The smallest absolute Gasteiger partial charge is 0.0629 e. The summed E-state index contributed by atoms with van der Waals surface area (Å²) >= 11 is 5.38. The molecule has 1 aromatic heterocycles. The monoisotopic (exact) mass is 309 g/mol. The van der Waals surface area contributed by atoms with Crippen LogP contribution in [0, 0.1) is 5.92 Å². The van der Waals surface area contributed by atoms with Crippen LogP contribution in [0.3, 0.4) is 0 Å². The van der Waals surface area contributed by atoms with Gasteiger partial charge >= 0.3 is 0 Å². The molecule has 1 heterocycles. The highest BCUT2D eigenvalue weighted by molar-refractivity contribution is 9.10. The summed E-state index contributed by atoms with van der Waals surface area (Å²) in [5.41, 5.74) is 1.15. The van der Waals surface area contributed by atoms with E-state index in [0.717, 1.165) is 10.2 Å². The Labute approximate surface area is 115 Å². The molecule has 0 saturated carbocycles. The zero-order valence-corrected chi connectivity index (χ0v) is 12.4. The standard InChI is InChI=1S/C14H16BrNS/c1-10(2)14(13-8-5-9-17-13)16-12-7-4-3-6-11(12)15/h3-10,14,16H,1-2H3. The second-order valence-corrected chi connectivity index (χ2v) is 6.19. The molecule has 1 aromatic carbocycles. The predicted octanol–water partition coefficient (Wildman–Crippen LogP) is 5.32. The van der Waals surface area contributed by atoms with Crippen LogP contribution in [0.1, 0.15) is 24.8 Å². The largest absolute Gasteiger partial charge is 0.376 e. The van der Waals surface area contributed by atoms with Gasteiger partial charge in [0.1, 0.15) is 0 Å². The molecule has 1 nitrogen and oxygen atoms in total. The molecule has 1 unspecified atom stereocenters. The lowest BCUT2D eigenvalue weighted by atomic mass is 10.0. The van der Waals surface area contributed by atoms with E-state index in [-0.39, 0.29) is 0 Å². The van der Waals surface area contributed by atoms with E-state index in [4.69, 9.17) is 0 Å². The lowest BCUT2D eigenvalue weighted by Gasteiger charge is -2.23. The lowest BCUT2D eigenvalue weighted by Crippen LogP contribution is -2.15. The van der Waals surface area contributed by atoms with E-state index in [1.165, 1.54) is 4.88 Å². The number of thiophene rings is 1. The fourth-order valence-corrected chi connectivity index (χ4v) is 3.13. The number of halogens is 1. The van der Waals surface area contributed by atoms with E-state index in [9.17, 15) is 0 Å². The van der Waals surface area contributed by atoms with Crippen LogP contribution < -0.4 is 5.32 Å². The molecule has 0 spiro atoms. The number of hydrogen-bond acceptors (Lipinski definition) is 2. The van der Waals surface area contributed by atoms with Crippen LogP contribution >= 0.6 is 27.3 Å². The van der Waals surface area contributed by atoms with Crippen molar-refractivity contribution in [2.24, 2.45) is 5.92 Å². The minimum Gasteiger partial charge on any atom is -0.376 e. The third-order valence-electron chi connectivity index (χ3n) is 2.70. The first kappa shape index (κ1) is 12.7. The van der Waals surface area contributed by atoms with Crippen molar-refractivity contribution in [3.8, 4) is 0 Å². The average Bonchev–Trinajstić information content (AvgIpc) is 2.81. The normalized spacial score (nSPS) is 12.7. The van der Waals surface area contributed by atoms with Crippen molar-refractivity contribution in [3.63, 3.8) is 0 Å². The van der Waals surface area contributed by atoms with Gasteiger partial charge in [0.05, 0.1) is 6.04 Å². The van der Waals surface area contributed by atoms with Gasteiger partial charge < -0.3 is 5.32 Å². The van der Waals surface area contributed by atoms with Gasteiger partial charge in [0.25, 0.3) is 0 Å². The zero-order valence-electron chi connectivity index (χ0n) is 9.98. The molecule has 90 valence electrons. The van der Waals surface area contributed by atoms with Crippen LogP contribution in [-0.4, -0.2) is 0 Å². The maximum Gasteiger partial charge on any atom is 0.0629 e. The van der Waals surface area contributed by atoms with Gasteiger partial charge in [0.15, 0.2) is 0 Å². The summed E-state index contributed by atoms with van der Waals surface area (Å²) in [5.74, 6) is 0.556. The summed E-state index contributed by atoms with van der Waals surface area (Å²) in [6.07, 6.45) is 0. The second kappa shape index (κ2) is 5.69. The summed E-state index contributed by atoms with van der Waals surface area (Å²) in [6.45, 7) is 4.49. The molecule has 1 atom stereocenters. The van der Waals surface area contributed by atoms with Crippen LogP contribution in [-0.2, 0) is 0 Å². The van der Waals surface area contributed by atoms with Gasteiger partial charge in [-0.2, -0.15) is 0 Å². The molecule has 0 aliphatic rings. The highest BCUT2D eigenvalue weighted by Crippen LogP contribution is 2.32. The number of benzene rings is 1. The number of para-hydroxylation sites is 1. The molecule has 2 aromatic rings. The van der Waals surface area contributed by atoms with Gasteiger partial charge in [-0.1, -0.05) is 32.0 Å². The van der Waals surface area contributed by atoms with Gasteiger partial charge in [-0.25, -0.2) is 0 Å². The molecule has 0 saturated heterocycles. The molecule has 0 fully saturated rings. The predicted molar refractivity (Wildman–Crippen MR) is 79.7 cm³/mol. The number of hydrogen-bond donors (Lipinski definition) is 1. The molecule has 0 bridgehead atoms. The molecule has 0 aliphatic heterocycles. The zero-order chi connectivity index (χ0) is 12.3. The van der Waals surface area contributed by atoms with E-state index >= 15 is 0 Å². The molecular formula is C14H16BrNS. The third kappa shape index (κ3) is 3.11. The van der Waals surface area contributed by atoms with E-state index in [1.807, 2.05) is 6.07 Å². The quantitative estimate of drug-likeness (QED) is 0.806. The van der Waals surface area contributed by atoms with Crippen LogP contribution in [0.5, 0.6) is 0 Å². The van der Waals surface area contributed by atoms with Crippen molar-refractivity contribution in [1.82, 2.24) is 0 Å². The first-order valence-electron chi connectivity index (χ1n) is 5.73. The lowest BCUT2D eigenvalue weighted by molar-refractivity contribution is 0.553. The van der Waals surface area contributed by atoms with E-state index in [1.54, 1.807) is 11.3 Å². The molecule has 17 heavy (non-hydrogen) atoms. The Kier molecular flexibility index (Phi) is 4.24. The second-order valence-electron chi connectivity index (χ2n) is 4.36. The summed E-state index contributed by atoms with van der Waals surface area (Å²) in [7, 11) is 0. The number of rotatable bonds is 4. The SMILES string of the molecule is CC(C)C(Nc1ccccc1Br)c1cccs1. The van der Waals surface area contributed by atoms with Crippen molar-refractivity contribution < 1.29 is 0 Å². The van der Waals surface area contributed by atoms with Crippen molar-refractivity contribution in [2.75, 3.05) is 5.32 Å². The molecule has 0 radical (unpaired) electrons. The molecular weight excluding hydrogens is 294 g/mol. The minimum atomic E-state index is 0.369. The highest BCUT2D eigenvalue weighted by Gasteiger charge is 2.17. The molecule has 1 N–H and O–H groups in total. The summed E-state index contributed by atoms with van der Waals surface area (Å²) in [4.78, 5) is 1.38.